The van der Waals surface area contributed by atoms with Crippen molar-refractivity contribution >= 4 is 35.4 Å². The number of nitrogens with zero attached hydrogens (tertiary/aromatic N) is 5. The fourth-order valence-corrected chi connectivity index (χ4v) is 4.01. The van der Waals surface area contributed by atoms with Gasteiger partial charge in [-0.1, -0.05) is 12.1 Å². The van der Waals surface area contributed by atoms with Crippen molar-refractivity contribution in [3.63, 3.8) is 0 Å². The number of hydrogen-bond acceptors (Lipinski definition) is 8. The van der Waals surface area contributed by atoms with Gasteiger partial charge in [0.05, 0.1) is 19.2 Å². The highest BCUT2D eigenvalue weighted by atomic mass is 19.1. The molecule has 11 heteroatoms. The molecule has 2 aliphatic heterocycles. The number of carbonyl (C=O) groups excluding carboxylic acids is 2. The Labute approximate surface area is 194 Å². The standard InChI is InChI=1S/C23H24FN7O3/c24-18-4-1-3-15(11-18)5-6-25-22-29-23(30-7-2-9-34-10-8-30)28-20-17(14-26-31(20)22)12-16-13-19(32)27-21(16)33/h1,3-4,11-12,14H,2,5-10,13H2,(H,25,28,29)(H,27,32,33). The molecule has 4 heterocycles. The number of fused-ring (bicyclic) bond motifs is 1. The highest BCUT2D eigenvalue weighted by molar-refractivity contribution is 6.15. The van der Waals surface area contributed by atoms with Crippen molar-refractivity contribution in [2.75, 3.05) is 43.1 Å². The average molecular weight is 465 g/mol. The van der Waals surface area contributed by atoms with E-state index in [4.69, 9.17) is 14.7 Å². The van der Waals surface area contributed by atoms with E-state index in [0.29, 0.717) is 61.4 Å². The lowest BCUT2D eigenvalue weighted by molar-refractivity contribution is -0.124. The molecule has 2 fully saturated rings. The molecule has 0 saturated carbocycles. The predicted octanol–water partition coefficient (Wildman–Crippen LogP) is 1.57. The average Bonchev–Trinajstić information content (AvgIpc) is 3.23. The number of nitrogens with one attached hydrogen (secondary N) is 2. The number of carbonyl (C=O) groups is 2. The smallest absolute Gasteiger partial charge is 0.254 e. The molecule has 0 radical (unpaired) electrons. The lowest BCUT2D eigenvalue weighted by Gasteiger charge is -2.20. The summed E-state index contributed by atoms with van der Waals surface area (Å²) in [5.41, 5.74) is 2.36. The molecule has 0 atom stereocenters. The number of benzene rings is 1. The van der Waals surface area contributed by atoms with Gasteiger partial charge in [-0.3, -0.25) is 14.9 Å². The van der Waals surface area contributed by atoms with E-state index in [1.54, 1.807) is 22.9 Å². The molecule has 176 valence electrons. The maximum atomic E-state index is 13.5. The molecule has 0 spiro atoms. The van der Waals surface area contributed by atoms with Crippen molar-refractivity contribution in [1.82, 2.24) is 24.9 Å². The Morgan fingerprint density at radius 1 is 1.21 bits per heavy atom. The van der Waals surface area contributed by atoms with Crippen LogP contribution in [-0.2, 0) is 20.7 Å². The normalized spacial score (nSPS) is 17.9. The summed E-state index contributed by atoms with van der Waals surface area (Å²) in [5.74, 6) is 0.00681. The van der Waals surface area contributed by atoms with E-state index in [1.165, 1.54) is 12.1 Å². The molecule has 0 aliphatic carbocycles. The van der Waals surface area contributed by atoms with E-state index in [2.05, 4.69) is 20.6 Å². The van der Waals surface area contributed by atoms with E-state index in [0.717, 1.165) is 18.5 Å². The number of rotatable bonds is 6. The minimum atomic E-state index is -0.406. The van der Waals surface area contributed by atoms with Crippen molar-refractivity contribution in [3.05, 3.63) is 53.0 Å². The number of halogens is 1. The number of ether oxygens (including phenoxy) is 1. The highest BCUT2D eigenvalue weighted by Gasteiger charge is 2.25. The van der Waals surface area contributed by atoms with Crippen LogP contribution in [0.25, 0.3) is 11.7 Å². The van der Waals surface area contributed by atoms with E-state index >= 15 is 0 Å². The van der Waals surface area contributed by atoms with E-state index in [9.17, 15) is 14.0 Å². The van der Waals surface area contributed by atoms with Crippen molar-refractivity contribution in [3.8, 4) is 0 Å². The molecular formula is C23H24FN7O3. The third kappa shape index (κ3) is 4.74. The molecule has 2 amide bonds. The van der Waals surface area contributed by atoms with Crippen LogP contribution in [0.4, 0.5) is 16.3 Å². The highest BCUT2D eigenvalue weighted by Crippen LogP contribution is 2.22. The molecule has 10 nitrogen and oxygen atoms in total. The second-order valence-corrected chi connectivity index (χ2v) is 8.17. The number of imide groups is 1. The van der Waals surface area contributed by atoms with E-state index < -0.39 is 5.91 Å². The van der Waals surface area contributed by atoms with Gasteiger partial charge in [0, 0.05) is 37.4 Å². The lowest BCUT2D eigenvalue weighted by Crippen LogP contribution is -2.28. The molecule has 1 aromatic carbocycles. The van der Waals surface area contributed by atoms with Crippen LogP contribution in [-0.4, -0.2) is 64.2 Å². The minimum Gasteiger partial charge on any atom is -0.380 e. The Morgan fingerprint density at radius 3 is 2.94 bits per heavy atom. The molecule has 0 bridgehead atoms. The van der Waals surface area contributed by atoms with Gasteiger partial charge in [-0.2, -0.15) is 19.6 Å². The van der Waals surface area contributed by atoms with Crippen LogP contribution in [0.15, 0.2) is 36.0 Å². The second-order valence-electron chi connectivity index (χ2n) is 8.17. The first-order valence-electron chi connectivity index (χ1n) is 11.2. The van der Waals surface area contributed by atoms with Gasteiger partial charge in [-0.25, -0.2) is 4.39 Å². The zero-order chi connectivity index (χ0) is 23.5. The lowest BCUT2D eigenvalue weighted by atomic mass is 10.1. The van der Waals surface area contributed by atoms with Crippen LogP contribution >= 0.6 is 0 Å². The minimum absolute atomic E-state index is 0.0241. The van der Waals surface area contributed by atoms with Crippen molar-refractivity contribution in [2.45, 2.75) is 19.3 Å². The van der Waals surface area contributed by atoms with E-state index in [-0.39, 0.29) is 18.1 Å². The summed E-state index contributed by atoms with van der Waals surface area (Å²) in [6.07, 6.45) is 4.71. The largest absolute Gasteiger partial charge is 0.380 e. The summed E-state index contributed by atoms with van der Waals surface area (Å²) in [6.45, 7) is 3.17. The van der Waals surface area contributed by atoms with Crippen LogP contribution in [0, 0.1) is 5.82 Å². The topological polar surface area (TPSA) is 114 Å². The molecular weight excluding hydrogens is 441 g/mol. The van der Waals surface area contributed by atoms with Gasteiger partial charge in [0.2, 0.25) is 17.8 Å². The summed E-state index contributed by atoms with van der Waals surface area (Å²) in [7, 11) is 0. The van der Waals surface area contributed by atoms with Crippen molar-refractivity contribution in [1.29, 1.82) is 0 Å². The molecule has 34 heavy (non-hydrogen) atoms. The summed E-state index contributed by atoms with van der Waals surface area (Å²) in [4.78, 5) is 35.1. The third-order valence-corrected chi connectivity index (χ3v) is 5.70. The van der Waals surface area contributed by atoms with Crippen molar-refractivity contribution in [2.24, 2.45) is 0 Å². The van der Waals surface area contributed by atoms with Crippen LogP contribution in [0.3, 0.4) is 0 Å². The predicted molar refractivity (Wildman–Crippen MR) is 123 cm³/mol. The quantitative estimate of drug-likeness (QED) is 0.417. The summed E-state index contributed by atoms with van der Waals surface area (Å²) in [5, 5.41) is 9.99. The first kappa shape index (κ1) is 22.0. The summed E-state index contributed by atoms with van der Waals surface area (Å²) < 4.78 is 20.6. The van der Waals surface area contributed by atoms with Crippen LogP contribution in [0.2, 0.25) is 0 Å². The van der Waals surface area contributed by atoms with Gasteiger partial charge in [-0.05, 0) is 36.6 Å². The summed E-state index contributed by atoms with van der Waals surface area (Å²) in [6, 6.07) is 6.48. The van der Waals surface area contributed by atoms with Crippen LogP contribution in [0.5, 0.6) is 0 Å². The van der Waals surface area contributed by atoms with Crippen molar-refractivity contribution < 1.29 is 18.7 Å². The third-order valence-electron chi connectivity index (χ3n) is 5.70. The van der Waals surface area contributed by atoms with Crippen LogP contribution in [0.1, 0.15) is 24.0 Å². The maximum Gasteiger partial charge on any atom is 0.254 e. The Kier molecular flexibility index (Phi) is 6.17. The Hall–Kier alpha value is -3.86. The molecule has 2 N–H and O–H groups in total. The Morgan fingerprint density at radius 2 is 2.12 bits per heavy atom. The second kappa shape index (κ2) is 9.56. The number of anilines is 2. The Balaban J connectivity index is 1.48. The SMILES string of the molecule is O=C1CC(=Cc2cnn3c(NCCc4cccc(F)c4)nc(N4CCCOCC4)nc23)C(=O)N1. The monoisotopic (exact) mass is 465 g/mol. The van der Waals surface area contributed by atoms with Gasteiger partial charge in [0.1, 0.15) is 5.82 Å². The molecule has 0 unspecified atom stereocenters. The summed E-state index contributed by atoms with van der Waals surface area (Å²) >= 11 is 0. The molecule has 2 aromatic heterocycles. The molecule has 3 aromatic rings. The zero-order valence-corrected chi connectivity index (χ0v) is 18.5. The molecule has 5 rings (SSSR count). The zero-order valence-electron chi connectivity index (χ0n) is 18.5. The van der Waals surface area contributed by atoms with Gasteiger partial charge >= 0.3 is 0 Å². The number of aromatic nitrogens is 4. The van der Waals surface area contributed by atoms with Gasteiger partial charge in [-0.15, -0.1) is 0 Å². The van der Waals surface area contributed by atoms with Crippen LogP contribution < -0.4 is 15.5 Å². The first-order valence-corrected chi connectivity index (χ1v) is 11.2. The molecule has 2 saturated heterocycles. The van der Waals surface area contributed by atoms with Gasteiger partial charge < -0.3 is 15.0 Å². The van der Waals surface area contributed by atoms with E-state index in [1.807, 2.05) is 6.07 Å². The fourth-order valence-electron chi connectivity index (χ4n) is 4.01. The number of amides is 2. The number of hydrogen-bond donors (Lipinski definition) is 2. The van der Waals surface area contributed by atoms with Gasteiger partial charge in [0.25, 0.3) is 5.91 Å². The first-order chi connectivity index (χ1) is 16.6. The molecule has 2 aliphatic rings. The van der Waals surface area contributed by atoms with Gasteiger partial charge in [0.15, 0.2) is 5.65 Å². The maximum absolute atomic E-state index is 13.5. The fraction of sp³-hybridized carbons (Fsp3) is 0.348. The Bertz CT molecular complexity index is 1260.